The largest absolute Gasteiger partial charge is 0.477 e. The number of carboxylic acids is 1. The molecule has 0 saturated carbocycles. The lowest BCUT2D eigenvalue weighted by Gasteiger charge is -2.14. The smallest absolute Gasteiger partial charge is 0.342 e. The van der Waals surface area contributed by atoms with Crippen molar-refractivity contribution in [1.29, 1.82) is 0 Å². The second-order valence-corrected chi connectivity index (χ2v) is 4.95. The highest BCUT2D eigenvalue weighted by Gasteiger charge is 2.18. The predicted octanol–water partition coefficient (Wildman–Crippen LogP) is 2.57. The number of aliphatic carboxylic acids is 1. The maximum atomic E-state index is 10.5. The lowest BCUT2D eigenvalue weighted by molar-refractivity contribution is -0.129. The molecule has 0 saturated heterocycles. The van der Waals surface area contributed by atoms with Gasteiger partial charge in [0.05, 0.1) is 6.26 Å². The molecule has 0 aliphatic heterocycles. The van der Waals surface area contributed by atoms with Crippen LogP contribution in [0, 0.1) is 0 Å². The molecule has 1 N–H and O–H groups in total. The van der Waals surface area contributed by atoms with Gasteiger partial charge in [-0.2, -0.15) is 0 Å². The summed E-state index contributed by atoms with van der Waals surface area (Å²) in [6.45, 7) is 6.20. The van der Waals surface area contributed by atoms with Crippen LogP contribution in [-0.2, 0) is 16.6 Å². The minimum Gasteiger partial charge on any atom is -0.477 e. The molecule has 1 heterocycles. The number of furan rings is 1. The van der Waals surface area contributed by atoms with Crippen LogP contribution in [0.15, 0.2) is 16.7 Å². The van der Waals surface area contributed by atoms with E-state index in [4.69, 9.17) is 21.7 Å². The third-order valence-electron chi connectivity index (χ3n) is 2.09. The average Bonchev–Trinajstić information content (AvgIpc) is 2.51. The molecule has 1 aromatic rings. The molecule has 0 amide bonds. The van der Waals surface area contributed by atoms with Crippen LogP contribution in [0.2, 0.25) is 0 Å². The van der Waals surface area contributed by atoms with Crippen molar-refractivity contribution < 1.29 is 14.3 Å². The molecule has 0 atom stereocenters. The molecule has 4 heteroatoms. The van der Waals surface area contributed by atoms with Gasteiger partial charge in [0.2, 0.25) is 0 Å². The van der Waals surface area contributed by atoms with Gasteiger partial charge in [0.15, 0.2) is 0 Å². The Morgan fingerprint density at radius 1 is 1.53 bits per heavy atom. The highest BCUT2D eigenvalue weighted by Crippen LogP contribution is 2.24. The molecule has 0 radical (unpaired) electrons. The lowest BCUT2D eigenvalue weighted by atomic mass is 9.89. The van der Waals surface area contributed by atoms with E-state index in [1.165, 1.54) is 0 Å². The van der Waals surface area contributed by atoms with Crippen LogP contribution in [0.1, 0.15) is 32.1 Å². The van der Waals surface area contributed by atoms with E-state index in [0.29, 0.717) is 5.76 Å². The van der Waals surface area contributed by atoms with Crippen molar-refractivity contribution in [3.63, 3.8) is 0 Å². The predicted molar refractivity (Wildman–Crippen MR) is 61.3 cm³/mol. The maximum Gasteiger partial charge on any atom is 0.342 e. The highest BCUT2D eigenvalue weighted by molar-refractivity contribution is 7.82. The zero-order chi connectivity index (χ0) is 11.6. The molecular formula is C11H14O3S. The molecule has 0 bridgehead atoms. The maximum absolute atomic E-state index is 10.5. The Morgan fingerprint density at radius 2 is 2.13 bits per heavy atom. The van der Waals surface area contributed by atoms with Crippen molar-refractivity contribution in [3.05, 3.63) is 23.7 Å². The van der Waals surface area contributed by atoms with Crippen molar-refractivity contribution in [2.75, 3.05) is 0 Å². The van der Waals surface area contributed by atoms with Crippen LogP contribution in [0.5, 0.6) is 0 Å². The van der Waals surface area contributed by atoms with Crippen molar-refractivity contribution in [1.82, 2.24) is 0 Å². The van der Waals surface area contributed by atoms with Crippen molar-refractivity contribution in [2.45, 2.75) is 32.6 Å². The number of hydrogen-bond donors (Lipinski definition) is 1. The van der Waals surface area contributed by atoms with Gasteiger partial charge in [-0.05, 0) is 17.0 Å². The number of rotatable bonds is 3. The molecule has 0 aliphatic carbocycles. The van der Waals surface area contributed by atoms with Gasteiger partial charge in [-0.25, -0.2) is 4.79 Å². The number of thiocarbonyl (C=S) groups is 1. The molecule has 15 heavy (non-hydrogen) atoms. The first-order valence-electron chi connectivity index (χ1n) is 4.64. The topological polar surface area (TPSA) is 50.4 Å². The van der Waals surface area contributed by atoms with E-state index in [-0.39, 0.29) is 16.7 Å². The fourth-order valence-electron chi connectivity index (χ4n) is 1.10. The Bertz CT molecular complexity index is 385. The first-order valence-corrected chi connectivity index (χ1v) is 5.05. The van der Waals surface area contributed by atoms with Gasteiger partial charge in [0, 0.05) is 6.42 Å². The lowest BCUT2D eigenvalue weighted by Crippen LogP contribution is -2.12. The molecule has 3 nitrogen and oxygen atoms in total. The van der Waals surface area contributed by atoms with Gasteiger partial charge in [-0.1, -0.05) is 33.0 Å². The third kappa shape index (κ3) is 3.16. The summed E-state index contributed by atoms with van der Waals surface area (Å²) in [6.07, 6.45) is 1.83. The normalized spacial score (nSPS) is 11.4. The Kier molecular flexibility index (Phi) is 3.29. The zero-order valence-corrected chi connectivity index (χ0v) is 9.85. The number of carbonyl (C=O) groups is 1. The zero-order valence-electron chi connectivity index (χ0n) is 9.03. The summed E-state index contributed by atoms with van der Waals surface area (Å²) in [5.41, 5.74) is 1.05. The minimum absolute atomic E-state index is 0.00654. The van der Waals surface area contributed by atoms with Gasteiger partial charge in [-0.15, -0.1) is 0 Å². The Labute approximate surface area is 94.1 Å². The number of hydrogen-bond acceptors (Lipinski definition) is 3. The highest BCUT2D eigenvalue weighted by atomic mass is 32.1. The Balaban J connectivity index is 2.78. The molecule has 0 aliphatic rings. The van der Waals surface area contributed by atoms with E-state index in [1.54, 1.807) is 6.26 Å². The summed E-state index contributed by atoms with van der Waals surface area (Å²) in [4.78, 5) is 10.5. The second kappa shape index (κ2) is 4.14. The first kappa shape index (κ1) is 11.9. The average molecular weight is 226 g/mol. The summed E-state index contributed by atoms with van der Waals surface area (Å²) in [7, 11) is 0. The fraction of sp³-hybridized carbons (Fsp3) is 0.455. The quantitative estimate of drug-likeness (QED) is 0.805. The molecule has 0 aromatic carbocycles. The van der Waals surface area contributed by atoms with E-state index in [2.05, 4.69) is 20.8 Å². The van der Waals surface area contributed by atoms with Crippen molar-refractivity contribution in [3.8, 4) is 0 Å². The fourth-order valence-corrected chi connectivity index (χ4v) is 1.24. The van der Waals surface area contributed by atoms with E-state index < -0.39 is 5.97 Å². The van der Waals surface area contributed by atoms with E-state index in [1.807, 2.05) is 6.07 Å². The molecular weight excluding hydrogens is 212 g/mol. The Morgan fingerprint density at radius 3 is 2.53 bits per heavy atom. The van der Waals surface area contributed by atoms with E-state index in [0.717, 1.165) is 5.56 Å². The summed E-state index contributed by atoms with van der Waals surface area (Å²) in [5.74, 6) is -0.453. The SMILES string of the molecule is CC(C)(C)c1coc(CC(=S)C(=O)O)c1. The van der Waals surface area contributed by atoms with Crippen molar-refractivity contribution >= 4 is 23.1 Å². The van der Waals surface area contributed by atoms with Crippen molar-refractivity contribution in [2.24, 2.45) is 0 Å². The van der Waals surface area contributed by atoms with Crippen LogP contribution < -0.4 is 0 Å². The molecule has 0 fully saturated rings. The monoisotopic (exact) mass is 226 g/mol. The molecule has 82 valence electrons. The van der Waals surface area contributed by atoms with Gasteiger partial charge in [0.25, 0.3) is 0 Å². The van der Waals surface area contributed by atoms with Crippen LogP contribution in [0.3, 0.4) is 0 Å². The molecule has 1 rings (SSSR count). The van der Waals surface area contributed by atoms with E-state index >= 15 is 0 Å². The minimum atomic E-state index is -1.06. The Hall–Kier alpha value is -1.16. The standard InChI is InChI=1S/C11H14O3S/c1-11(2,3)7-4-8(14-6-7)5-9(15)10(12)13/h4,6H,5H2,1-3H3,(H,12,13). The molecule has 0 unspecified atom stereocenters. The van der Waals surface area contributed by atoms with Crippen LogP contribution in [-0.4, -0.2) is 15.9 Å². The van der Waals surface area contributed by atoms with Gasteiger partial charge in [0.1, 0.15) is 10.6 Å². The van der Waals surface area contributed by atoms with Crippen LogP contribution >= 0.6 is 12.2 Å². The second-order valence-electron chi connectivity index (χ2n) is 4.46. The summed E-state index contributed by atoms with van der Waals surface area (Å²) in [6, 6.07) is 1.86. The van der Waals surface area contributed by atoms with Gasteiger partial charge in [-0.3, -0.25) is 0 Å². The van der Waals surface area contributed by atoms with Gasteiger partial charge >= 0.3 is 5.97 Å². The summed E-state index contributed by atoms with van der Waals surface area (Å²) < 4.78 is 5.26. The molecule has 0 spiro atoms. The van der Waals surface area contributed by atoms with Gasteiger partial charge < -0.3 is 9.52 Å². The summed E-state index contributed by atoms with van der Waals surface area (Å²) >= 11 is 4.70. The molecule has 1 aromatic heterocycles. The van der Waals surface area contributed by atoms with E-state index in [9.17, 15) is 4.79 Å². The summed E-state index contributed by atoms with van der Waals surface area (Å²) in [5, 5.41) is 8.63. The number of carboxylic acid groups (broad SMARTS) is 1. The van der Waals surface area contributed by atoms with Crippen LogP contribution in [0.25, 0.3) is 0 Å². The van der Waals surface area contributed by atoms with Crippen LogP contribution in [0.4, 0.5) is 0 Å². The third-order valence-corrected chi connectivity index (χ3v) is 2.41. The first-order chi connectivity index (χ1) is 6.80.